The number of nitrogens with zero attached hydrogens (tertiary/aromatic N) is 4. The van der Waals surface area contributed by atoms with Crippen molar-refractivity contribution in [2.75, 3.05) is 50.0 Å². The first-order chi connectivity index (χ1) is 37.6. The number of nitrogens with two attached hydrogens (primary N) is 2. The second-order valence-corrected chi connectivity index (χ2v) is 19.1. The lowest BCUT2D eigenvalue weighted by atomic mass is 10.1. The van der Waals surface area contributed by atoms with Crippen LogP contribution < -0.4 is 52.8 Å². The quantitative estimate of drug-likeness (QED) is 0.0659. The molecule has 0 atom stereocenters. The lowest BCUT2D eigenvalue weighted by Crippen LogP contribution is -2.37. The van der Waals surface area contributed by atoms with Gasteiger partial charge in [-0.25, -0.2) is 9.98 Å². The Balaban J connectivity index is 0.000000226. The zero-order chi connectivity index (χ0) is 55.6. The number of aliphatic imine (C=N–C) groups is 2. The maximum atomic E-state index is 13.0. The SMILES string of the molecule is Cc1onc2c1C(=O)NC(N)=NCc1cc(Cl)c(c(Cl)c1)NC(=O)CNCCC/C=C/COc1ccc-2cc1.Cc1onc2c1C(=O)NC(N)=NCc1cc(Cl)c(c(Cl)c1)NC(=O)CNCCC/C=C\COc1ccc-2cc1. The molecule has 14 rings (SSSR count). The van der Waals surface area contributed by atoms with Crippen LogP contribution in [0.4, 0.5) is 11.4 Å². The van der Waals surface area contributed by atoms with E-state index in [2.05, 4.69) is 52.2 Å². The molecule has 0 aliphatic carbocycles. The highest BCUT2D eigenvalue weighted by atomic mass is 35.5. The van der Waals surface area contributed by atoms with Crippen molar-refractivity contribution in [2.45, 2.75) is 52.6 Å². The van der Waals surface area contributed by atoms with E-state index in [1.54, 1.807) is 86.6 Å². The van der Waals surface area contributed by atoms with Gasteiger partial charge in [0, 0.05) is 11.1 Å². The lowest BCUT2D eigenvalue weighted by molar-refractivity contribution is -0.116. The minimum absolute atomic E-state index is 0.0900. The first-order valence-corrected chi connectivity index (χ1v) is 26.0. The number of ether oxygens (including phenoxy) is 2. The minimum atomic E-state index is -0.514. The average Bonchev–Trinajstić information content (AvgIpc) is 4.04. The van der Waals surface area contributed by atoms with Gasteiger partial charge in [0.15, 0.2) is 11.9 Å². The number of nitrogens with one attached hydrogen (secondary N) is 6. The van der Waals surface area contributed by atoms with E-state index < -0.39 is 11.8 Å². The highest BCUT2D eigenvalue weighted by Gasteiger charge is 2.24. The summed E-state index contributed by atoms with van der Waals surface area (Å²) in [5.41, 5.74) is 16.5. The number of halogens is 4. The van der Waals surface area contributed by atoms with Crippen LogP contribution in [0.2, 0.25) is 20.1 Å². The number of aryl methyl sites for hydroxylation is 2. The topological polar surface area (TPSA) is 288 Å². The second kappa shape index (κ2) is 28.6. The molecule has 4 aromatic carbocycles. The summed E-state index contributed by atoms with van der Waals surface area (Å²) in [5, 5.41) is 25.9. The van der Waals surface area contributed by atoms with Gasteiger partial charge in [0.1, 0.15) is 58.7 Å². The van der Waals surface area contributed by atoms with E-state index in [0.717, 1.165) is 25.7 Å². The Labute approximate surface area is 469 Å². The molecule has 0 unspecified atom stereocenters. The monoisotopic (exact) mass is 1140 g/mol. The molecule has 8 aliphatic rings. The van der Waals surface area contributed by atoms with Gasteiger partial charge in [-0.3, -0.25) is 29.8 Å². The van der Waals surface area contributed by atoms with Crippen molar-refractivity contribution in [3.05, 3.63) is 151 Å². The Hall–Kier alpha value is -7.72. The van der Waals surface area contributed by atoms with Crippen LogP contribution in [0, 0.1) is 13.8 Å². The summed E-state index contributed by atoms with van der Waals surface area (Å²) in [5.74, 6) is 0.231. The van der Waals surface area contributed by atoms with Crippen LogP contribution in [-0.2, 0) is 22.7 Å². The van der Waals surface area contributed by atoms with Gasteiger partial charge < -0.3 is 51.3 Å². The normalized spacial score (nSPS) is 16.5. The summed E-state index contributed by atoms with van der Waals surface area (Å²) in [7, 11) is 0. The highest BCUT2D eigenvalue weighted by Crippen LogP contribution is 2.34. The number of hydrogen-bond donors (Lipinski definition) is 8. The Kier molecular flexibility index (Phi) is 21.3. The molecule has 408 valence electrons. The Morgan fingerprint density at radius 2 is 0.885 bits per heavy atom. The molecule has 78 heavy (non-hydrogen) atoms. The van der Waals surface area contributed by atoms with E-state index in [4.69, 9.17) is 76.4 Å². The first-order valence-electron chi connectivity index (χ1n) is 24.5. The summed E-state index contributed by atoms with van der Waals surface area (Å²) in [6.45, 7) is 5.84. The number of amides is 4. The van der Waals surface area contributed by atoms with Crippen LogP contribution in [0.15, 0.2) is 116 Å². The molecule has 0 radical (unpaired) electrons. The number of aromatic nitrogens is 2. The van der Waals surface area contributed by atoms with E-state index in [1.165, 1.54) is 0 Å². The number of allylic oxidation sites excluding steroid dienone is 2. The molecule has 6 aromatic rings. The van der Waals surface area contributed by atoms with Crippen LogP contribution in [-0.4, -0.2) is 85.3 Å². The van der Waals surface area contributed by atoms with E-state index in [-0.39, 0.29) is 81.1 Å². The van der Waals surface area contributed by atoms with Crippen LogP contribution in [0.1, 0.15) is 69.0 Å². The van der Waals surface area contributed by atoms with Crippen molar-refractivity contribution in [1.29, 1.82) is 0 Å². The Bertz CT molecular complexity index is 2970. The molecular formula is C54H56Cl4N12O8. The molecule has 4 amide bonds. The summed E-state index contributed by atoms with van der Waals surface area (Å²) in [6, 6.07) is 20.9. The summed E-state index contributed by atoms with van der Waals surface area (Å²) < 4.78 is 22.1. The van der Waals surface area contributed by atoms with Gasteiger partial charge in [-0.15, -0.1) is 0 Å². The predicted molar refractivity (Wildman–Crippen MR) is 303 cm³/mol. The van der Waals surface area contributed by atoms with Crippen LogP contribution in [0.3, 0.4) is 0 Å². The highest BCUT2D eigenvalue weighted by molar-refractivity contribution is 6.40. The van der Waals surface area contributed by atoms with Gasteiger partial charge >= 0.3 is 0 Å². The molecule has 8 aliphatic heterocycles. The predicted octanol–water partition coefficient (Wildman–Crippen LogP) is 8.92. The molecule has 0 saturated heterocycles. The third-order valence-electron chi connectivity index (χ3n) is 11.6. The molecule has 10 heterocycles. The Morgan fingerprint density at radius 1 is 0.513 bits per heavy atom. The number of guanidine groups is 2. The van der Waals surface area contributed by atoms with E-state index in [1.807, 2.05) is 24.3 Å². The molecule has 20 nitrogen and oxygen atoms in total. The molecule has 0 fully saturated rings. The number of carbonyl (C=O) groups excluding carboxylic acids is 4. The number of anilines is 2. The van der Waals surface area contributed by atoms with Crippen molar-refractivity contribution in [3.8, 4) is 34.0 Å². The minimum Gasteiger partial charge on any atom is -0.490 e. The lowest BCUT2D eigenvalue weighted by Gasteiger charge is -2.12. The molecule has 0 spiro atoms. The van der Waals surface area contributed by atoms with E-state index in [0.29, 0.717) is 94.3 Å². The molecular weight excluding hydrogens is 1090 g/mol. The van der Waals surface area contributed by atoms with Crippen molar-refractivity contribution >= 4 is 93.3 Å². The van der Waals surface area contributed by atoms with Gasteiger partial charge in [0.25, 0.3) is 11.8 Å². The number of carbonyl (C=O) groups is 4. The largest absolute Gasteiger partial charge is 0.490 e. The third kappa shape index (κ3) is 16.6. The number of benzene rings is 4. The van der Waals surface area contributed by atoms with E-state index >= 15 is 0 Å². The zero-order valence-electron chi connectivity index (χ0n) is 42.4. The Morgan fingerprint density at radius 3 is 1.26 bits per heavy atom. The van der Waals surface area contributed by atoms with E-state index in [9.17, 15) is 19.2 Å². The fraction of sp³-hybridized carbons (Fsp3) is 0.259. The standard InChI is InChI=1S/2C27H28Cl2N6O4/c2*1-16-23-24(35-39-16)18-6-8-19(9-7-18)38-11-5-3-2-4-10-31-15-22(36)33-25-20(28)12-17(13-21(25)29)14-32-27(30)34-26(23)37/h2*3,5-9,12-13,31H,2,4,10-11,14-15H2,1H3,(H,33,36)(H3,30,32,34,37)/b5-3+;5-3-. The second-order valence-electron chi connectivity index (χ2n) is 17.5. The summed E-state index contributed by atoms with van der Waals surface area (Å²) >= 11 is 25.5. The van der Waals surface area contributed by atoms with Gasteiger partial charge in [-0.1, -0.05) is 81.0 Å². The van der Waals surface area contributed by atoms with Gasteiger partial charge in [0.2, 0.25) is 11.8 Å². The molecule has 10 N–H and O–H groups in total. The number of hydrogen-bond acceptors (Lipinski definition) is 16. The van der Waals surface area contributed by atoms with Crippen molar-refractivity contribution < 1.29 is 37.7 Å². The maximum Gasteiger partial charge on any atom is 0.263 e. The zero-order valence-corrected chi connectivity index (χ0v) is 45.5. The first kappa shape index (κ1) is 58.0. The molecule has 0 saturated carbocycles. The van der Waals surface area contributed by atoms with Crippen molar-refractivity contribution in [1.82, 2.24) is 31.6 Å². The molecule has 2 aromatic heterocycles. The molecule has 8 bridgehead atoms. The number of rotatable bonds is 0. The smallest absolute Gasteiger partial charge is 0.263 e. The fourth-order valence-corrected chi connectivity index (χ4v) is 8.93. The maximum absolute atomic E-state index is 13.0. The summed E-state index contributed by atoms with van der Waals surface area (Å²) in [6.07, 6.45) is 11.3. The van der Waals surface area contributed by atoms with Gasteiger partial charge in [-0.2, -0.15) is 0 Å². The van der Waals surface area contributed by atoms with Crippen molar-refractivity contribution in [3.63, 3.8) is 0 Å². The fourth-order valence-electron chi connectivity index (χ4n) is 7.67. The van der Waals surface area contributed by atoms with Crippen molar-refractivity contribution in [2.24, 2.45) is 21.5 Å². The van der Waals surface area contributed by atoms with Crippen LogP contribution in [0.25, 0.3) is 22.5 Å². The van der Waals surface area contributed by atoms with Gasteiger partial charge in [-0.05, 0) is 137 Å². The molecule has 24 heteroatoms. The third-order valence-corrected chi connectivity index (χ3v) is 12.8. The average molecular weight is 1140 g/mol. The van der Waals surface area contributed by atoms with Crippen LogP contribution >= 0.6 is 46.4 Å². The van der Waals surface area contributed by atoms with Gasteiger partial charge in [0.05, 0.1) is 57.6 Å². The van der Waals surface area contributed by atoms with Crippen LogP contribution in [0.5, 0.6) is 11.5 Å². The summed E-state index contributed by atoms with van der Waals surface area (Å²) in [4.78, 5) is 59.2.